The molecule has 0 amide bonds. The van der Waals surface area contributed by atoms with Crippen molar-refractivity contribution in [1.82, 2.24) is 19.1 Å². The summed E-state index contributed by atoms with van der Waals surface area (Å²) in [5, 5.41) is 3.71. The van der Waals surface area contributed by atoms with Crippen LogP contribution in [0.15, 0.2) is 23.1 Å². The number of fused-ring (bicyclic) bond motifs is 2. The van der Waals surface area contributed by atoms with Crippen molar-refractivity contribution in [3.05, 3.63) is 39.4 Å². The van der Waals surface area contributed by atoms with Crippen LogP contribution in [-0.2, 0) is 18.2 Å². The van der Waals surface area contributed by atoms with Crippen molar-refractivity contribution in [2.24, 2.45) is 7.05 Å². The number of hydrogen-bond donors (Lipinski definition) is 1. The molecule has 9 heteroatoms. The first-order chi connectivity index (χ1) is 13.1. The number of aryl methyl sites for hydroxylation is 1. The monoisotopic (exact) mass is 387 g/mol. The summed E-state index contributed by atoms with van der Waals surface area (Å²) in [7, 11) is 1.73. The van der Waals surface area contributed by atoms with Gasteiger partial charge in [-0.25, -0.2) is 9.78 Å². The predicted molar refractivity (Wildman–Crippen MR) is 101 cm³/mol. The van der Waals surface area contributed by atoms with Crippen molar-refractivity contribution in [1.29, 1.82) is 0 Å². The topological polar surface area (TPSA) is 83.2 Å². The van der Waals surface area contributed by atoms with E-state index >= 15 is 0 Å². The van der Waals surface area contributed by atoms with Crippen LogP contribution in [0.2, 0.25) is 5.02 Å². The quantitative estimate of drug-likeness (QED) is 0.743. The fourth-order valence-corrected chi connectivity index (χ4v) is 3.87. The van der Waals surface area contributed by atoms with Gasteiger partial charge in [0.15, 0.2) is 5.65 Å². The lowest BCUT2D eigenvalue weighted by Gasteiger charge is -2.11. The molecule has 0 aliphatic carbocycles. The largest absolute Gasteiger partial charge is 0.493 e. The number of halogens is 1. The molecule has 0 radical (unpaired) electrons. The third-order valence-electron chi connectivity index (χ3n) is 5.13. The standard InChI is InChI=1S/C18H18ClN5O3/c1-23-14-8-20-17(21-13-6-10-2-5-27-15(10)7-12(13)19)22-16(14)24(18(23)25)11-3-4-26-9-11/h6-8,11H,2-5,9H2,1H3,(H,20,21,22)/t11-/m1/s1. The van der Waals surface area contributed by atoms with Gasteiger partial charge in [-0.05, 0) is 18.1 Å². The molecule has 0 saturated carbocycles. The normalized spacial score (nSPS) is 18.7. The van der Waals surface area contributed by atoms with Crippen LogP contribution in [0, 0.1) is 0 Å². The van der Waals surface area contributed by atoms with E-state index in [1.165, 1.54) is 0 Å². The van der Waals surface area contributed by atoms with E-state index in [1.54, 1.807) is 28.4 Å². The summed E-state index contributed by atoms with van der Waals surface area (Å²) in [5.41, 5.74) is 2.98. The van der Waals surface area contributed by atoms with E-state index in [2.05, 4.69) is 15.3 Å². The smallest absolute Gasteiger partial charge is 0.330 e. The Balaban J connectivity index is 1.57. The first-order valence-electron chi connectivity index (χ1n) is 8.86. The van der Waals surface area contributed by atoms with Gasteiger partial charge in [-0.1, -0.05) is 11.6 Å². The number of benzene rings is 1. The second-order valence-electron chi connectivity index (χ2n) is 6.79. The molecular weight excluding hydrogens is 370 g/mol. The van der Waals surface area contributed by atoms with Gasteiger partial charge in [0.1, 0.15) is 11.3 Å². The lowest BCUT2D eigenvalue weighted by molar-refractivity contribution is 0.186. The number of anilines is 2. The fourth-order valence-electron chi connectivity index (χ4n) is 3.67. The molecule has 3 aromatic rings. The Morgan fingerprint density at radius 1 is 1.33 bits per heavy atom. The van der Waals surface area contributed by atoms with E-state index in [0.717, 1.165) is 24.2 Å². The summed E-state index contributed by atoms with van der Waals surface area (Å²) < 4.78 is 14.3. The van der Waals surface area contributed by atoms with Crippen LogP contribution in [0.3, 0.4) is 0 Å². The van der Waals surface area contributed by atoms with Crippen LogP contribution in [0.5, 0.6) is 5.75 Å². The molecule has 0 unspecified atom stereocenters. The number of nitrogens with zero attached hydrogens (tertiary/aromatic N) is 4. The van der Waals surface area contributed by atoms with E-state index < -0.39 is 0 Å². The number of nitrogens with one attached hydrogen (secondary N) is 1. The van der Waals surface area contributed by atoms with Gasteiger partial charge < -0.3 is 14.8 Å². The summed E-state index contributed by atoms with van der Waals surface area (Å²) in [5.74, 6) is 1.21. The molecule has 1 saturated heterocycles. The van der Waals surface area contributed by atoms with Crippen molar-refractivity contribution in [3.63, 3.8) is 0 Å². The zero-order valence-corrected chi connectivity index (χ0v) is 15.5. The van der Waals surface area contributed by atoms with Crippen LogP contribution in [0.1, 0.15) is 18.0 Å². The highest BCUT2D eigenvalue weighted by molar-refractivity contribution is 6.33. The van der Waals surface area contributed by atoms with Crippen molar-refractivity contribution >= 4 is 34.4 Å². The Bertz CT molecular complexity index is 1100. The molecule has 140 valence electrons. The highest BCUT2D eigenvalue weighted by Gasteiger charge is 2.25. The molecule has 0 spiro atoms. The zero-order chi connectivity index (χ0) is 18.5. The van der Waals surface area contributed by atoms with Crippen molar-refractivity contribution < 1.29 is 9.47 Å². The molecule has 2 aliphatic heterocycles. The van der Waals surface area contributed by atoms with Gasteiger partial charge >= 0.3 is 5.69 Å². The van der Waals surface area contributed by atoms with E-state index in [9.17, 15) is 4.79 Å². The SMILES string of the molecule is Cn1c(=O)n([C@@H]2CCOC2)c2nc(Nc3cc4c(cc3Cl)OCC4)ncc21. The average Bonchev–Trinajstić information content (AvgIpc) is 3.37. The number of ether oxygens (including phenoxy) is 2. The third kappa shape index (κ3) is 2.67. The second-order valence-corrected chi connectivity index (χ2v) is 7.20. The molecule has 4 heterocycles. The highest BCUT2D eigenvalue weighted by atomic mass is 35.5. The first kappa shape index (κ1) is 16.6. The molecule has 1 fully saturated rings. The number of hydrogen-bond acceptors (Lipinski definition) is 6. The molecule has 1 atom stereocenters. The molecule has 1 N–H and O–H groups in total. The van der Waals surface area contributed by atoms with Gasteiger partial charge in [0, 0.05) is 26.1 Å². The van der Waals surface area contributed by atoms with Crippen LogP contribution in [-0.4, -0.2) is 38.9 Å². The van der Waals surface area contributed by atoms with Gasteiger partial charge in [0.05, 0.1) is 36.2 Å². The van der Waals surface area contributed by atoms with Crippen LogP contribution >= 0.6 is 11.6 Å². The maximum atomic E-state index is 12.7. The molecule has 5 rings (SSSR count). The first-order valence-corrected chi connectivity index (χ1v) is 9.23. The molecule has 27 heavy (non-hydrogen) atoms. The van der Waals surface area contributed by atoms with Crippen LogP contribution < -0.4 is 15.7 Å². The minimum atomic E-state index is -0.111. The Labute approximate surface area is 159 Å². The summed E-state index contributed by atoms with van der Waals surface area (Å²) in [6, 6.07) is 3.75. The van der Waals surface area contributed by atoms with E-state index in [0.29, 0.717) is 47.6 Å². The highest BCUT2D eigenvalue weighted by Crippen LogP contribution is 2.35. The molecular formula is C18H18ClN5O3. The Kier molecular flexibility index (Phi) is 3.84. The van der Waals surface area contributed by atoms with Crippen molar-refractivity contribution in [2.45, 2.75) is 18.9 Å². The van der Waals surface area contributed by atoms with Crippen LogP contribution in [0.25, 0.3) is 11.2 Å². The maximum absolute atomic E-state index is 12.7. The lowest BCUT2D eigenvalue weighted by atomic mass is 10.1. The Morgan fingerprint density at radius 3 is 3.04 bits per heavy atom. The predicted octanol–water partition coefficient (Wildman–Crippen LogP) is 2.42. The van der Waals surface area contributed by atoms with E-state index in [4.69, 9.17) is 21.1 Å². The summed E-state index contributed by atoms with van der Waals surface area (Å²) >= 11 is 6.37. The second kappa shape index (κ2) is 6.24. The third-order valence-corrected chi connectivity index (χ3v) is 5.44. The lowest BCUT2D eigenvalue weighted by Crippen LogP contribution is -2.26. The number of aromatic nitrogens is 4. The average molecular weight is 388 g/mol. The fraction of sp³-hybridized carbons (Fsp3) is 0.389. The van der Waals surface area contributed by atoms with Gasteiger partial charge in [-0.2, -0.15) is 4.98 Å². The van der Waals surface area contributed by atoms with E-state index in [-0.39, 0.29) is 11.7 Å². The minimum Gasteiger partial charge on any atom is -0.493 e. The molecule has 0 bridgehead atoms. The number of imidazole rings is 1. The van der Waals surface area contributed by atoms with Gasteiger partial charge in [-0.15, -0.1) is 0 Å². The van der Waals surface area contributed by atoms with Gasteiger partial charge in [0.25, 0.3) is 0 Å². The van der Waals surface area contributed by atoms with Gasteiger partial charge in [0.2, 0.25) is 5.95 Å². The molecule has 2 aliphatic rings. The zero-order valence-electron chi connectivity index (χ0n) is 14.7. The summed E-state index contributed by atoms with van der Waals surface area (Å²) in [4.78, 5) is 21.6. The van der Waals surface area contributed by atoms with Crippen molar-refractivity contribution in [2.75, 3.05) is 25.1 Å². The van der Waals surface area contributed by atoms with Gasteiger partial charge in [-0.3, -0.25) is 9.13 Å². The van der Waals surface area contributed by atoms with Crippen LogP contribution in [0.4, 0.5) is 11.6 Å². The maximum Gasteiger partial charge on any atom is 0.330 e. The Hall–Kier alpha value is -2.58. The van der Waals surface area contributed by atoms with Crippen molar-refractivity contribution in [3.8, 4) is 5.75 Å². The Morgan fingerprint density at radius 2 is 2.22 bits per heavy atom. The molecule has 2 aromatic heterocycles. The summed E-state index contributed by atoms with van der Waals surface area (Å²) in [6.45, 7) is 1.83. The number of rotatable bonds is 3. The molecule has 8 nitrogen and oxygen atoms in total. The molecule has 1 aromatic carbocycles. The summed E-state index contributed by atoms with van der Waals surface area (Å²) in [6.07, 6.45) is 3.30. The van der Waals surface area contributed by atoms with E-state index in [1.807, 2.05) is 6.07 Å². The minimum absolute atomic E-state index is 0.00955.